The van der Waals surface area contributed by atoms with E-state index in [0.29, 0.717) is 12.1 Å². The SMILES string of the molecule is CCc1ccc(C(=O)CCC(=O)NCc2cccc(NC(=O)C3CC3)c2)cc1. The summed E-state index contributed by atoms with van der Waals surface area (Å²) >= 11 is 0. The summed E-state index contributed by atoms with van der Waals surface area (Å²) in [6, 6.07) is 15.0. The highest BCUT2D eigenvalue weighted by Gasteiger charge is 2.29. The topological polar surface area (TPSA) is 75.3 Å². The van der Waals surface area contributed by atoms with Crippen LogP contribution >= 0.6 is 0 Å². The van der Waals surface area contributed by atoms with Crippen molar-refractivity contribution in [3.05, 3.63) is 65.2 Å². The van der Waals surface area contributed by atoms with Crippen molar-refractivity contribution in [1.29, 1.82) is 0 Å². The van der Waals surface area contributed by atoms with Gasteiger partial charge in [0.1, 0.15) is 0 Å². The molecule has 0 unspecified atom stereocenters. The van der Waals surface area contributed by atoms with Crippen LogP contribution in [0.2, 0.25) is 0 Å². The van der Waals surface area contributed by atoms with Gasteiger partial charge in [-0.25, -0.2) is 0 Å². The maximum atomic E-state index is 12.2. The molecule has 2 aromatic rings. The minimum absolute atomic E-state index is 0.0254. The van der Waals surface area contributed by atoms with Crippen molar-refractivity contribution in [3.63, 3.8) is 0 Å². The third-order valence-corrected chi connectivity index (χ3v) is 4.90. The van der Waals surface area contributed by atoms with Gasteiger partial charge >= 0.3 is 0 Å². The number of amides is 2. The van der Waals surface area contributed by atoms with Gasteiger partial charge < -0.3 is 10.6 Å². The lowest BCUT2D eigenvalue weighted by molar-refractivity contribution is -0.121. The Morgan fingerprint density at radius 3 is 2.39 bits per heavy atom. The first-order valence-electron chi connectivity index (χ1n) is 9.84. The maximum Gasteiger partial charge on any atom is 0.227 e. The average molecular weight is 378 g/mol. The number of nitrogens with one attached hydrogen (secondary N) is 2. The van der Waals surface area contributed by atoms with Gasteiger partial charge in [0.25, 0.3) is 0 Å². The Morgan fingerprint density at radius 2 is 1.71 bits per heavy atom. The summed E-state index contributed by atoms with van der Waals surface area (Å²) in [7, 11) is 0. The molecule has 0 aliphatic heterocycles. The number of aryl methyl sites for hydroxylation is 1. The molecule has 2 amide bonds. The quantitative estimate of drug-likeness (QED) is 0.650. The molecule has 3 rings (SSSR count). The zero-order chi connectivity index (χ0) is 19.9. The highest BCUT2D eigenvalue weighted by molar-refractivity contribution is 5.98. The Morgan fingerprint density at radius 1 is 0.964 bits per heavy atom. The first-order valence-corrected chi connectivity index (χ1v) is 9.84. The monoisotopic (exact) mass is 378 g/mol. The third kappa shape index (κ3) is 5.78. The number of hydrogen-bond acceptors (Lipinski definition) is 3. The summed E-state index contributed by atoms with van der Waals surface area (Å²) in [6.07, 6.45) is 3.20. The molecule has 0 radical (unpaired) electrons. The Balaban J connectivity index is 1.43. The van der Waals surface area contributed by atoms with Crippen LogP contribution in [0, 0.1) is 5.92 Å². The second-order valence-electron chi connectivity index (χ2n) is 7.21. The Hall–Kier alpha value is -2.95. The predicted molar refractivity (Wildman–Crippen MR) is 109 cm³/mol. The van der Waals surface area contributed by atoms with Gasteiger partial charge in [-0.3, -0.25) is 14.4 Å². The summed E-state index contributed by atoms with van der Waals surface area (Å²) in [5.74, 6) is 0.0271. The van der Waals surface area contributed by atoms with E-state index in [4.69, 9.17) is 0 Å². The van der Waals surface area contributed by atoms with Gasteiger partial charge in [0.05, 0.1) is 0 Å². The lowest BCUT2D eigenvalue weighted by atomic mass is 10.0. The number of Topliss-reactive ketones (excluding diaryl/α,β-unsaturated/α-hetero) is 1. The van der Waals surface area contributed by atoms with Crippen molar-refractivity contribution in [2.75, 3.05) is 5.32 Å². The number of benzene rings is 2. The predicted octanol–water partition coefficient (Wildman–Crippen LogP) is 3.88. The van der Waals surface area contributed by atoms with Crippen LogP contribution in [0.1, 0.15) is 54.1 Å². The van der Waals surface area contributed by atoms with E-state index in [-0.39, 0.29) is 36.4 Å². The van der Waals surface area contributed by atoms with Crippen molar-refractivity contribution < 1.29 is 14.4 Å². The number of anilines is 1. The van der Waals surface area contributed by atoms with Crippen LogP contribution in [0.25, 0.3) is 0 Å². The van der Waals surface area contributed by atoms with E-state index in [1.807, 2.05) is 48.5 Å². The molecule has 1 aliphatic rings. The van der Waals surface area contributed by atoms with Gasteiger partial charge in [-0.1, -0.05) is 43.3 Å². The zero-order valence-electron chi connectivity index (χ0n) is 16.2. The molecule has 0 aromatic heterocycles. The molecule has 1 fully saturated rings. The molecule has 5 nitrogen and oxygen atoms in total. The molecule has 5 heteroatoms. The fourth-order valence-corrected chi connectivity index (χ4v) is 2.94. The van der Waals surface area contributed by atoms with Crippen molar-refractivity contribution in [2.45, 2.75) is 45.6 Å². The number of carbonyl (C=O) groups is 3. The van der Waals surface area contributed by atoms with Gasteiger partial charge in [-0.2, -0.15) is 0 Å². The molecule has 0 atom stereocenters. The fraction of sp³-hybridized carbons (Fsp3) is 0.348. The molecule has 0 heterocycles. The van der Waals surface area contributed by atoms with Crippen LogP contribution in [0.15, 0.2) is 48.5 Å². The molecule has 1 saturated carbocycles. The van der Waals surface area contributed by atoms with E-state index >= 15 is 0 Å². The van der Waals surface area contributed by atoms with E-state index in [2.05, 4.69) is 17.6 Å². The first-order chi connectivity index (χ1) is 13.5. The maximum absolute atomic E-state index is 12.2. The second-order valence-corrected chi connectivity index (χ2v) is 7.21. The molecule has 0 saturated heterocycles. The van der Waals surface area contributed by atoms with Gasteiger partial charge in [0.15, 0.2) is 5.78 Å². The summed E-state index contributed by atoms with van der Waals surface area (Å²) in [5, 5.41) is 5.74. The van der Waals surface area contributed by atoms with E-state index in [0.717, 1.165) is 30.5 Å². The van der Waals surface area contributed by atoms with E-state index < -0.39 is 0 Å². The third-order valence-electron chi connectivity index (χ3n) is 4.90. The molecular weight excluding hydrogens is 352 g/mol. The van der Waals surface area contributed by atoms with Crippen LogP contribution in [0.3, 0.4) is 0 Å². The summed E-state index contributed by atoms with van der Waals surface area (Å²) in [5.41, 5.74) is 3.48. The van der Waals surface area contributed by atoms with Crippen LogP contribution in [-0.2, 0) is 22.6 Å². The highest BCUT2D eigenvalue weighted by atomic mass is 16.2. The smallest absolute Gasteiger partial charge is 0.227 e. The number of carbonyl (C=O) groups excluding carboxylic acids is 3. The molecule has 2 aromatic carbocycles. The molecule has 1 aliphatic carbocycles. The van der Waals surface area contributed by atoms with Crippen molar-refractivity contribution in [1.82, 2.24) is 5.32 Å². The van der Waals surface area contributed by atoms with E-state index in [1.165, 1.54) is 5.56 Å². The van der Waals surface area contributed by atoms with Crippen molar-refractivity contribution in [3.8, 4) is 0 Å². The molecule has 146 valence electrons. The number of rotatable bonds is 9. The van der Waals surface area contributed by atoms with Crippen LogP contribution in [-0.4, -0.2) is 17.6 Å². The molecular formula is C23H26N2O3. The summed E-state index contributed by atoms with van der Waals surface area (Å²) in [4.78, 5) is 36.1. The Kier molecular flexibility index (Phi) is 6.58. The first kappa shape index (κ1) is 19.8. The highest BCUT2D eigenvalue weighted by Crippen LogP contribution is 2.30. The average Bonchev–Trinajstić information content (AvgIpc) is 3.56. The second kappa shape index (κ2) is 9.31. The molecule has 0 bridgehead atoms. The lowest BCUT2D eigenvalue weighted by Crippen LogP contribution is -2.23. The minimum atomic E-state index is -0.161. The van der Waals surface area contributed by atoms with E-state index in [9.17, 15) is 14.4 Å². The van der Waals surface area contributed by atoms with Gasteiger partial charge in [0, 0.05) is 36.6 Å². The van der Waals surface area contributed by atoms with Gasteiger partial charge in [0.2, 0.25) is 11.8 Å². The van der Waals surface area contributed by atoms with Crippen LogP contribution in [0.4, 0.5) is 5.69 Å². The van der Waals surface area contributed by atoms with Crippen molar-refractivity contribution >= 4 is 23.3 Å². The van der Waals surface area contributed by atoms with E-state index in [1.54, 1.807) is 0 Å². The molecule has 0 spiro atoms. The summed E-state index contributed by atoms with van der Waals surface area (Å²) < 4.78 is 0. The van der Waals surface area contributed by atoms with Gasteiger partial charge in [-0.15, -0.1) is 0 Å². The Labute approximate surface area is 165 Å². The lowest BCUT2D eigenvalue weighted by Gasteiger charge is -2.08. The fourth-order valence-electron chi connectivity index (χ4n) is 2.94. The zero-order valence-corrected chi connectivity index (χ0v) is 16.2. The van der Waals surface area contributed by atoms with Crippen molar-refractivity contribution in [2.24, 2.45) is 5.92 Å². The van der Waals surface area contributed by atoms with Gasteiger partial charge in [-0.05, 0) is 42.5 Å². The normalized spacial score (nSPS) is 13.0. The molecule has 2 N–H and O–H groups in total. The summed E-state index contributed by atoms with van der Waals surface area (Å²) in [6.45, 7) is 2.43. The molecule has 28 heavy (non-hydrogen) atoms. The Bertz CT molecular complexity index is 854. The standard InChI is InChI=1S/C23H26N2O3/c1-2-16-6-8-18(9-7-16)21(26)12-13-22(27)24-15-17-4-3-5-20(14-17)25-23(28)19-10-11-19/h3-9,14,19H,2,10-13,15H2,1H3,(H,24,27)(H,25,28). The van der Waals surface area contributed by atoms with Crippen LogP contribution in [0.5, 0.6) is 0 Å². The minimum Gasteiger partial charge on any atom is -0.352 e. The van der Waals surface area contributed by atoms with Crippen LogP contribution < -0.4 is 10.6 Å². The number of hydrogen-bond donors (Lipinski definition) is 2. The largest absolute Gasteiger partial charge is 0.352 e. The number of ketones is 1.